The lowest BCUT2D eigenvalue weighted by Gasteiger charge is -2.28. The van der Waals surface area contributed by atoms with E-state index in [0.29, 0.717) is 12.8 Å². The molecule has 0 aliphatic carbocycles. The van der Waals surface area contributed by atoms with Crippen molar-refractivity contribution in [1.29, 1.82) is 0 Å². The fraction of sp³-hybridized carbons (Fsp3) is 0.588. The maximum atomic E-state index is 12.3. The van der Waals surface area contributed by atoms with E-state index in [2.05, 4.69) is 4.72 Å². The molecule has 1 aromatic carbocycles. The van der Waals surface area contributed by atoms with Crippen molar-refractivity contribution in [2.24, 2.45) is 5.92 Å². The van der Waals surface area contributed by atoms with Gasteiger partial charge >= 0.3 is 5.97 Å². The van der Waals surface area contributed by atoms with Crippen LogP contribution in [0, 0.1) is 5.92 Å². The van der Waals surface area contributed by atoms with Gasteiger partial charge in [0.25, 0.3) is 0 Å². The van der Waals surface area contributed by atoms with E-state index < -0.39 is 11.0 Å². The number of rotatable bonds is 7. The van der Waals surface area contributed by atoms with Crippen molar-refractivity contribution in [3.63, 3.8) is 0 Å². The second-order valence-corrected chi connectivity index (χ2v) is 8.33. The number of carbonyl (C=O) groups is 1. The largest absolute Gasteiger partial charge is 0.469 e. The number of methoxy groups -OCH3 is 1. The molecular weight excluding hydrogens is 298 g/mol. The third-order valence-electron chi connectivity index (χ3n) is 3.54. The summed E-state index contributed by atoms with van der Waals surface area (Å²) in [7, 11) is 0.174. The number of nitrogens with one attached hydrogen (secondary N) is 1. The van der Waals surface area contributed by atoms with E-state index in [4.69, 9.17) is 4.74 Å². The lowest BCUT2D eigenvalue weighted by atomic mass is 9.91. The Morgan fingerprint density at radius 3 is 2.32 bits per heavy atom. The van der Waals surface area contributed by atoms with Gasteiger partial charge in [-0.3, -0.25) is 4.79 Å². The first-order valence-corrected chi connectivity index (χ1v) is 8.74. The van der Waals surface area contributed by atoms with Crippen LogP contribution >= 0.6 is 0 Å². The number of hydrogen-bond acceptors (Lipinski definition) is 3. The molecule has 0 spiro atoms. The van der Waals surface area contributed by atoms with E-state index in [-0.39, 0.29) is 22.7 Å². The van der Waals surface area contributed by atoms with Crippen LogP contribution in [-0.2, 0) is 26.9 Å². The van der Waals surface area contributed by atoms with Gasteiger partial charge in [-0.25, -0.2) is 8.93 Å². The van der Waals surface area contributed by atoms with E-state index >= 15 is 0 Å². The number of ether oxygens (including phenoxy) is 1. The fourth-order valence-electron chi connectivity index (χ4n) is 2.17. The molecule has 3 atom stereocenters. The molecule has 22 heavy (non-hydrogen) atoms. The summed E-state index contributed by atoms with van der Waals surface area (Å²) in [5, 5.41) is 0. The molecule has 0 radical (unpaired) electrons. The Kier molecular flexibility index (Phi) is 7.23. The molecule has 0 bridgehead atoms. The van der Waals surface area contributed by atoms with Crippen molar-refractivity contribution in [3.05, 3.63) is 35.9 Å². The third kappa shape index (κ3) is 5.54. The normalized spacial score (nSPS) is 15.9. The molecule has 0 aliphatic heterocycles. The Morgan fingerprint density at radius 2 is 1.86 bits per heavy atom. The predicted molar refractivity (Wildman–Crippen MR) is 90.8 cm³/mol. The molecular formula is C17H27NO3S. The third-order valence-corrected chi connectivity index (χ3v) is 5.17. The summed E-state index contributed by atoms with van der Waals surface area (Å²) < 4.78 is 20.0. The van der Waals surface area contributed by atoms with Crippen LogP contribution < -0.4 is 4.72 Å². The Labute approximate surface area is 136 Å². The zero-order chi connectivity index (χ0) is 16.8. The van der Waals surface area contributed by atoms with Crippen molar-refractivity contribution < 1.29 is 13.7 Å². The second-order valence-electron chi connectivity index (χ2n) is 6.33. The first-order chi connectivity index (χ1) is 10.3. The standard InChI is InChI=1S/C17H27NO3S/c1-6-15(18-22(20)17(2,3)4)14(16(19)21-5)12-13-10-8-7-9-11-13/h7-11,14-15,18H,6,12H2,1-5H3/t14-,15+,22?/m0/s1. The summed E-state index contributed by atoms with van der Waals surface area (Å²) in [6, 6.07) is 9.64. The topological polar surface area (TPSA) is 55.4 Å². The highest BCUT2D eigenvalue weighted by molar-refractivity contribution is 7.84. The zero-order valence-electron chi connectivity index (χ0n) is 14.1. The molecule has 0 saturated carbocycles. The minimum atomic E-state index is -1.22. The Balaban J connectivity index is 2.93. The lowest BCUT2D eigenvalue weighted by molar-refractivity contribution is -0.146. The van der Waals surface area contributed by atoms with E-state index in [0.717, 1.165) is 5.56 Å². The van der Waals surface area contributed by atoms with Gasteiger partial charge in [-0.05, 0) is 39.2 Å². The second kappa shape index (κ2) is 8.44. The van der Waals surface area contributed by atoms with E-state index in [1.807, 2.05) is 58.0 Å². The molecule has 124 valence electrons. The molecule has 4 nitrogen and oxygen atoms in total. The number of hydrogen-bond donors (Lipinski definition) is 1. The van der Waals surface area contributed by atoms with Gasteiger partial charge in [-0.1, -0.05) is 37.3 Å². The van der Waals surface area contributed by atoms with Crippen LogP contribution in [0.4, 0.5) is 0 Å². The molecule has 0 heterocycles. The van der Waals surface area contributed by atoms with Crippen LogP contribution in [-0.4, -0.2) is 28.1 Å². The van der Waals surface area contributed by atoms with Crippen LogP contribution in [0.25, 0.3) is 0 Å². The minimum absolute atomic E-state index is 0.187. The Hall–Kier alpha value is -1.20. The highest BCUT2D eigenvalue weighted by Gasteiger charge is 2.31. The number of esters is 1. The van der Waals surface area contributed by atoms with Gasteiger partial charge in [0.1, 0.15) is 0 Å². The maximum Gasteiger partial charge on any atom is 0.310 e. The monoisotopic (exact) mass is 325 g/mol. The molecule has 1 N–H and O–H groups in total. The zero-order valence-corrected chi connectivity index (χ0v) is 14.9. The van der Waals surface area contributed by atoms with Gasteiger partial charge in [-0.15, -0.1) is 0 Å². The maximum absolute atomic E-state index is 12.3. The van der Waals surface area contributed by atoms with Gasteiger partial charge < -0.3 is 4.74 Å². The summed E-state index contributed by atoms with van der Waals surface area (Å²) in [4.78, 5) is 12.2. The van der Waals surface area contributed by atoms with Gasteiger partial charge in [0, 0.05) is 6.04 Å². The average molecular weight is 325 g/mol. The van der Waals surface area contributed by atoms with Crippen molar-refractivity contribution in [2.45, 2.75) is 51.3 Å². The molecule has 1 rings (SSSR count). The smallest absolute Gasteiger partial charge is 0.310 e. The molecule has 0 saturated heterocycles. The van der Waals surface area contributed by atoms with Crippen LogP contribution in [0.2, 0.25) is 0 Å². The predicted octanol–water partition coefficient (Wildman–Crippen LogP) is 2.85. The van der Waals surface area contributed by atoms with Gasteiger partial charge in [0.15, 0.2) is 0 Å². The highest BCUT2D eigenvalue weighted by Crippen LogP contribution is 2.19. The summed E-state index contributed by atoms with van der Waals surface area (Å²) in [5.74, 6) is -0.627. The molecule has 1 aromatic rings. The number of carbonyl (C=O) groups excluding carboxylic acids is 1. The average Bonchev–Trinajstić information content (AvgIpc) is 2.49. The quantitative estimate of drug-likeness (QED) is 0.784. The van der Waals surface area contributed by atoms with Crippen LogP contribution in [0.5, 0.6) is 0 Å². The lowest BCUT2D eigenvalue weighted by Crippen LogP contribution is -2.46. The van der Waals surface area contributed by atoms with E-state index in [1.54, 1.807) is 0 Å². The Bertz CT molecular complexity index is 496. The van der Waals surface area contributed by atoms with E-state index in [9.17, 15) is 9.00 Å². The van der Waals surface area contributed by atoms with Crippen molar-refractivity contribution >= 4 is 17.0 Å². The fourth-order valence-corrected chi connectivity index (χ4v) is 3.13. The SMILES string of the molecule is CC[C@@H](NS(=O)C(C)(C)C)[C@H](Cc1ccccc1)C(=O)OC. The first-order valence-electron chi connectivity index (χ1n) is 7.59. The summed E-state index contributed by atoms with van der Waals surface area (Å²) in [6.45, 7) is 7.71. The van der Waals surface area contributed by atoms with Gasteiger partial charge in [0.2, 0.25) is 0 Å². The molecule has 0 aromatic heterocycles. The van der Waals surface area contributed by atoms with Gasteiger partial charge in [0.05, 0.1) is 28.8 Å². The summed E-state index contributed by atoms with van der Waals surface area (Å²) in [6.07, 6.45) is 1.27. The van der Waals surface area contributed by atoms with Crippen LogP contribution in [0.1, 0.15) is 39.7 Å². The number of benzene rings is 1. The minimum Gasteiger partial charge on any atom is -0.469 e. The highest BCUT2D eigenvalue weighted by atomic mass is 32.2. The van der Waals surface area contributed by atoms with E-state index in [1.165, 1.54) is 7.11 Å². The van der Waals surface area contributed by atoms with Crippen molar-refractivity contribution in [1.82, 2.24) is 4.72 Å². The van der Waals surface area contributed by atoms with Gasteiger partial charge in [-0.2, -0.15) is 0 Å². The molecule has 5 heteroatoms. The summed E-state index contributed by atoms with van der Waals surface area (Å²) >= 11 is 0. The molecule has 0 amide bonds. The van der Waals surface area contributed by atoms with Crippen LogP contribution in [0.15, 0.2) is 30.3 Å². The molecule has 0 aliphatic rings. The first kappa shape index (κ1) is 18.8. The van der Waals surface area contributed by atoms with Crippen molar-refractivity contribution in [2.75, 3.05) is 7.11 Å². The van der Waals surface area contributed by atoms with Crippen LogP contribution in [0.3, 0.4) is 0 Å². The molecule has 1 unspecified atom stereocenters. The Morgan fingerprint density at radius 1 is 1.27 bits per heavy atom. The molecule has 0 fully saturated rings. The summed E-state index contributed by atoms with van der Waals surface area (Å²) in [5.41, 5.74) is 1.07. The van der Waals surface area contributed by atoms with Crippen molar-refractivity contribution in [3.8, 4) is 0 Å².